The summed E-state index contributed by atoms with van der Waals surface area (Å²) < 4.78 is 0. The van der Waals surface area contributed by atoms with Crippen molar-refractivity contribution in [1.29, 1.82) is 0 Å². The number of rotatable bonds is 2. The van der Waals surface area contributed by atoms with Crippen molar-refractivity contribution in [3.05, 3.63) is 34.9 Å². The fourth-order valence-corrected chi connectivity index (χ4v) is 2.88. The Morgan fingerprint density at radius 1 is 1.17 bits per heavy atom. The van der Waals surface area contributed by atoms with Crippen molar-refractivity contribution in [2.45, 2.75) is 53.4 Å². The summed E-state index contributed by atoms with van der Waals surface area (Å²) in [6, 6.07) is 6.20. The lowest BCUT2D eigenvalue weighted by atomic mass is 9.71. The molecular weight excluding hydrogens is 220 g/mol. The summed E-state index contributed by atoms with van der Waals surface area (Å²) >= 11 is 0. The Bertz CT molecular complexity index is 447. The van der Waals surface area contributed by atoms with Gasteiger partial charge in [0.25, 0.3) is 0 Å². The summed E-state index contributed by atoms with van der Waals surface area (Å²) in [5, 5.41) is 0. The summed E-state index contributed by atoms with van der Waals surface area (Å²) in [6.45, 7) is 8.72. The van der Waals surface area contributed by atoms with Gasteiger partial charge in [-0.25, -0.2) is 0 Å². The van der Waals surface area contributed by atoms with E-state index >= 15 is 0 Å². The van der Waals surface area contributed by atoms with Crippen LogP contribution in [0.15, 0.2) is 18.2 Å². The van der Waals surface area contributed by atoms with Crippen LogP contribution in [0.5, 0.6) is 0 Å². The van der Waals surface area contributed by atoms with Crippen molar-refractivity contribution in [3.8, 4) is 0 Å². The average molecular weight is 244 g/mol. The SMILES string of the molecule is Cc1ccc(C)c(C(=O)C2CCC(C)(C)CC2)c1. The first kappa shape index (κ1) is 13.3. The third-order valence-corrected chi connectivity index (χ3v) is 4.37. The maximum Gasteiger partial charge on any atom is 0.166 e. The standard InChI is InChI=1S/C17H24O/c1-12-5-6-13(2)15(11-12)16(18)14-7-9-17(3,4)10-8-14/h5-6,11,14H,7-10H2,1-4H3. The zero-order valence-electron chi connectivity index (χ0n) is 12.0. The van der Waals surface area contributed by atoms with E-state index in [1.165, 1.54) is 18.4 Å². The summed E-state index contributed by atoms with van der Waals surface area (Å²) in [6.07, 6.45) is 4.46. The van der Waals surface area contributed by atoms with Gasteiger partial charge in [-0.3, -0.25) is 4.79 Å². The molecule has 2 rings (SSSR count). The van der Waals surface area contributed by atoms with E-state index in [2.05, 4.69) is 39.0 Å². The van der Waals surface area contributed by atoms with Crippen LogP contribution >= 0.6 is 0 Å². The molecule has 0 radical (unpaired) electrons. The first-order valence-corrected chi connectivity index (χ1v) is 7.00. The summed E-state index contributed by atoms with van der Waals surface area (Å²) in [7, 11) is 0. The molecule has 98 valence electrons. The maximum absolute atomic E-state index is 12.6. The number of carbonyl (C=O) groups is 1. The van der Waals surface area contributed by atoms with Crippen LogP contribution in [0.25, 0.3) is 0 Å². The molecule has 0 aromatic heterocycles. The Balaban J connectivity index is 2.15. The lowest BCUT2D eigenvalue weighted by molar-refractivity contribution is 0.0837. The number of ketones is 1. The molecule has 0 N–H and O–H groups in total. The highest BCUT2D eigenvalue weighted by molar-refractivity contribution is 5.99. The van der Waals surface area contributed by atoms with Crippen molar-refractivity contribution in [2.24, 2.45) is 11.3 Å². The zero-order chi connectivity index (χ0) is 13.3. The summed E-state index contributed by atoms with van der Waals surface area (Å²) in [5.41, 5.74) is 3.67. The molecule has 1 heteroatoms. The van der Waals surface area contributed by atoms with Crippen LogP contribution in [0.1, 0.15) is 61.0 Å². The van der Waals surface area contributed by atoms with E-state index in [4.69, 9.17) is 0 Å². The minimum absolute atomic E-state index is 0.249. The van der Waals surface area contributed by atoms with Gasteiger partial charge in [0.15, 0.2) is 5.78 Å². The predicted molar refractivity (Wildman–Crippen MR) is 76.0 cm³/mol. The molecule has 0 heterocycles. The van der Waals surface area contributed by atoms with Gasteiger partial charge < -0.3 is 0 Å². The van der Waals surface area contributed by atoms with Crippen LogP contribution in [-0.4, -0.2) is 5.78 Å². The highest BCUT2D eigenvalue weighted by Crippen LogP contribution is 2.39. The molecule has 1 nitrogen and oxygen atoms in total. The van der Waals surface area contributed by atoms with Crippen LogP contribution in [0.2, 0.25) is 0 Å². The van der Waals surface area contributed by atoms with Gasteiger partial charge in [0.05, 0.1) is 0 Å². The number of aryl methyl sites for hydroxylation is 2. The smallest absolute Gasteiger partial charge is 0.166 e. The normalized spacial score (nSPS) is 19.8. The third kappa shape index (κ3) is 2.82. The van der Waals surface area contributed by atoms with Crippen LogP contribution in [0, 0.1) is 25.2 Å². The van der Waals surface area contributed by atoms with Crippen LogP contribution in [0.4, 0.5) is 0 Å². The molecule has 0 atom stereocenters. The molecule has 0 bridgehead atoms. The molecule has 1 aliphatic carbocycles. The van der Waals surface area contributed by atoms with Gasteiger partial charge >= 0.3 is 0 Å². The van der Waals surface area contributed by atoms with E-state index in [1.807, 2.05) is 6.92 Å². The van der Waals surface area contributed by atoms with Gasteiger partial charge in [-0.1, -0.05) is 31.5 Å². The Morgan fingerprint density at radius 2 is 1.78 bits per heavy atom. The largest absolute Gasteiger partial charge is 0.294 e. The van der Waals surface area contributed by atoms with Crippen molar-refractivity contribution < 1.29 is 4.79 Å². The lowest BCUT2D eigenvalue weighted by Crippen LogP contribution is -2.26. The van der Waals surface area contributed by atoms with Gasteiger partial charge in [0.1, 0.15) is 0 Å². The zero-order valence-corrected chi connectivity index (χ0v) is 12.0. The molecule has 1 aliphatic rings. The minimum Gasteiger partial charge on any atom is -0.294 e. The molecule has 0 saturated heterocycles. The van der Waals surface area contributed by atoms with Gasteiger partial charge in [-0.05, 0) is 56.6 Å². The van der Waals surface area contributed by atoms with Gasteiger partial charge in [-0.15, -0.1) is 0 Å². The van der Waals surface area contributed by atoms with Crippen molar-refractivity contribution in [1.82, 2.24) is 0 Å². The summed E-state index contributed by atoms with van der Waals surface area (Å²) in [5.74, 6) is 0.616. The topological polar surface area (TPSA) is 17.1 Å². The van der Waals surface area contributed by atoms with Crippen molar-refractivity contribution >= 4 is 5.78 Å². The molecule has 0 spiro atoms. The van der Waals surface area contributed by atoms with Crippen LogP contribution in [0.3, 0.4) is 0 Å². The van der Waals surface area contributed by atoms with Gasteiger partial charge in [-0.2, -0.15) is 0 Å². The first-order chi connectivity index (χ1) is 8.39. The van der Waals surface area contributed by atoms with Gasteiger partial charge in [0.2, 0.25) is 0 Å². The predicted octanol–water partition coefficient (Wildman–Crippen LogP) is 4.70. The van der Waals surface area contributed by atoms with E-state index in [1.54, 1.807) is 0 Å². The fourth-order valence-electron chi connectivity index (χ4n) is 2.88. The molecule has 1 aromatic rings. The number of carbonyl (C=O) groups excluding carboxylic acids is 1. The first-order valence-electron chi connectivity index (χ1n) is 7.00. The van der Waals surface area contributed by atoms with E-state index < -0.39 is 0 Å². The molecule has 0 amide bonds. The second kappa shape index (κ2) is 4.87. The molecule has 1 fully saturated rings. The number of benzene rings is 1. The summed E-state index contributed by atoms with van der Waals surface area (Å²) in [4.78, 5) is 12.6. The monoisotopic (exact) mass is 244 g/mol. The fraction of sp³-hybridized carbons (Fsp3) is 0.588. The molecule has 1 saturated carbocycles. The Kier molecular flexibility index (Phi) is 3.61. The number of Topliss-reactive ketones (excluding diaryl/α,β-unsaturated/α-hetero) is 1. The quantitative estimate of drug-likeness (QED) is 0.689. The Labute approximate surface area is 111 Å². The molecule has 18 heavy (non-hydrogen) atoms. The van der Waals surface area contributed by atoms with E-state index in [-0.39, 0.29) is 5.92 Å². The van der Waals surface area contributed by atoms with Crippen LogP contribution < -0.4 is 0 Å². The van der Waals surface area contributed by atoms with Crippen LogP contribution in [-0.2, 0) is 0 Å². The minimum atomic E-state index is 0.249. The maximum atomic E-state index is 12.6. The van der Waals surface area contributed by atoms with E-state index in [0.717, 1.165) is 24.0 Å². The van der Waals surface area contributed by atoms with Crippen molar-refractivity contribution in [2.75, 3.05) is 0 Å². The number of hydrogen-bond acceptors (Lipinski definition) is 1. The lowest BCUT2D eigenvalue weighted by Gasteiger charge is -2.33. The highest BCUT2D eigenvalue weighted by atomic mass is 16.1. The van der Waals surface area contributed by atoms with Crippen molar-refractivity contribution in [3.63, 3.8) is 0 Å². The molecule has 1 aromatic carbocycles. The Hall–Kier alpha value is -1.11. The second-order valence-electron chi connectivity index (χ2n) is 6.62. The molecular formula is C17H24O. The van der Waals surface area contributed by atoms with Gasteiger partial charge in [0, 0.05) is 11.5 Å². The average Bonchev–Trinajstić information content (AvgIpc) is 2.31. The van der Waals surface area contributed by atoms with E-state index in [0.29, 0.717) is 11.2 Å². The third-order valence-electron chi connectivity index (χ3n) is 4.37. The Morgan fingerprint density at radius 3 is 2.39 bits per heavy atom. The molecule has 0 unspecified atom stereocenters. The highest BCUT2D eigenvalue weighted by Gasteiger charge is 2.31. The molecule has 0 aliphatic heterocycles. The van der Waals surface area contributed by atoms with E-state index in [9.17, 15) is 4.79 Å². The number of hydrogen-bond donors (Lipinski definition) is 0. The second-order valence-corrected chi connectivity index (χ2v) is 6.62.